The molecule has 0 aliphatic carbocycles. The second kappa shape index (κ2) is 31.1. The van der Waals surface area contributed by atoms with Gasteiger partial charge >= 0.3 is 28.3 Å². The number of phosphoric ester groups is 1. The fourth-order valence-corrected chi connectivity index (χ4v) is 8.49. The van der Waals surface area contributed by atoms with Crippen molar-refractivity contribution >= 4 is 36.1 Å². The van der Waals surface area contributed by atoms with E-state index < -0.39 is 54.7 Å². The molecule has 0 radical (unpaired) electrons. The predicted octanol–water partition coefficient (Wildman–Crippen LogP) is 5.62. The molecular weight excluding hydrogens is 880 g/mol. The van der Waals surface area contributed by atoms with Crippen molar-refractivity contribution in [3.8, 4) is 0 Å². The highest BCUT2D eigenvalue weighted by Gasteiger charge is 2.54. The fourth-order valence-electron chi connectivity index (χ4n) is 7.41. The van der Waals surface area contributed by atoms with Crippen LogP contribution in [0.2, 0.25) is 0 Å². The number of carbonyl (C=O) groups excluding carboxylic acids is 3. The summed E-state index contributed by atoms with van der Waals surface area (Å²) in [6.45, 7) is 2.40. The van der Waals surface area contributed by atoms with Gasteiger partial charge in [-0.1, -0.05) is 83.1 Å². The minimum atomic E-state index is -4.67. The van der Waals surface area contributed by atoms with Gasteiger partial charge in [0.15, 0.2) is 11.9 Å². The van der Waals surface area contributed by atoms with Crippen molar-refractivity contribution in [2.24, 2.45) is 5.73 Å². The van der Waals surface area contributed by atoms with E-state index in [1.54, 1.807) is 6.08 Å². The standard InChI is InChI=1S/C43H79N2O17PS/c1-35(46)55-33-38(34-57-63(49,50)56-30-28-45(3,4)5)60-41(48)24-20-16-14-15-19-23-40-42-39(59-36(2)47)25-27-43(61-40,62-42)26-21-17-12-10-8-6-7-9-11-13-18-22-29-54-31-37(44)32-58-64(51,52)53/h20,24,37-40,42H,6-19,21-23,25-34,44H2,1-5H3,(H-,49,50,51,52,53)/b24-20+/t37-,38-,39-,40-,42-,43+/m1/s1. The monoisotopic (exact) mass is 958 g/mol. The van der Waals surface area contributed by atoms with Gasteiger partial charge in [-0.3, -0.25) is 18.7 Å². The van der Waals surface area contributed by atoms with Crippen molar-refractivity contribution in [2.45, 2.75) is 179 Å². The molecule has 1 unspecified atom stereocenters. The summed E-state index contributed by atoms with van der Waals surface area (Å²) in [5.41, 5.74) is 5.69. The third-order valence-electron chi connectivity index (χ3n) is 10.7. The van der Waals surface area contributed by atoms with Gasteiger partial charge in [0.05, 0.1) is 53.1 Å². The van der Waals surface area contributed by atoms with Crippen LogP contribution in [0.15, 0.2) is 12.2 Å². The summed E-state index contributed by atoms with van der Waals surface area (Å²) < 4.78 is 90.9. The minimum absolute atomic E-state index is 0.0853. The highest BCUT2D eigenvalue weighted by Crippen LogP contribution is 2.45. The number of ether oxygens (including phenoxy) is 6. The number of nitrogens with zero attached hydrogens (tertiary/aromatic N) is 1. The molecule has 2 rings (SSSR count). The molecule has 2 aliphatic rings. The first-order chi connectivity index (χ1) is 30.2. The van der Waals surface area contributed by atoms with Crippen LogP contribution >= 0.6 is 7.82 Å². The average Bonchev–Trinajstić information content (AvgIpc) is 3.49. The molecule has 374 valence electrons. The van der Waals surface area contributed by atoms with Crippen molar-refractivity contribution < 1.29 is 82.9 Å². The first-order valence-corrected chi connectivity index (χ1v) is 25.9. The van der Waals surface area contributed by atoms with Gasteiger partial charge in [0.25, 0.3) is 7.82 Å². The molecule has 2 aliphatic heterocycles. The molecule has 2 fully saturated rings. The minimum Gasteiger partial charge on any atom is -0.756 e. The molecule has 19 nitrogen and oxygen atoms in total. The van der Waals surface area contributed by atoms with Gasteiger partial charge in [-0.25, -0.2) is 8.98 Å². The zero-order chi connectivity index (χ0) is 47.5. The number of rotatable bonds is 38. The Balaban J connectivity index is 1.62. The first-order valence-electron chi connectivity index (χ1n) is 23.1. The molecule has 2 heterocycles. The topological polar surface area (TPSA) is 255 Å². The van der Waals surface area contributed by atoms with Crippen molar-refractivity contribution in [2.75, 3.05) is 67.3 Å². The molecular formula is C43H79N2O17PS. The zero-order valence-electron chi connectivity index (χ0n) is 39.0. The number of likely N-dealkylation sites (N-methyl/N-ethyl adjacent to an activating group) is 1. The Morgan fingerprint density at radius 2 is 1.47 bits per heavy atom. The van der Waals surface area contributed by atoms with Gasteiger partial charge in [0, 0.05) is 39.4 Å². The number of unbranched alkanes of at least 4 members (excludes halogenated alkanes) is 14. The van der Waals surface area contributed by atoms with Gasteiger partial charge in [0.2, 0.25) is 0 Å². The third-order valence-corrected chi connectivity index (χ3v) is 12.1. The van der Waals surface area contributed by atoms with E-state index in [0.29, 0.717) is 36.9 Å². The normalized spacial score (nSPS) is 22.0. The van der Waals surface area contributed by atoms with E-state index in [2.05, 4.69) is 4.18 Å². The molecule has 0 aromatic rings. The van der Waals surface area contributed by atoms with E-state index >= 15 is 0 Å². The highest BCUT2D eigenvalue weighted by molar-refractivity contribution is 7.80. The number of esters is 3. The number of allylic oxidation sites excluding steroid dienone is 1. The van der Waals surface area contributed by atoms with Crippen molar-refractivity contribution in [1.29, 1.82) is 0 Å². The second-order valence-corrected chi connectivity index (χ2v) is 20.4. The number of hydrogen-bond acceptors (Lipinski definition) is 17. The molecule has 21 heteroatoms. The van der Waals surface area contributed by atoms with E-state index in [4.69, 9.17) is 47.8 Å². The summed E-state index contributed by atoms with van der Waals surface area (Å²) in [5.74, 6) is -2.32. The third kappa shape index (κ3) is 28.9. The maximum atomic E-state index is 12.5. The Morgan fingerprint density at radius 1 is 0.844 bits per heavy atom. The SMILES string of the molecule is CC(=O)OC[C@H](COP(=O)([O-])OCC[N+](C)(C)C)OC(=O)/C=C/CCCCC[C@H]1O[C@]2(CCCCCCCCCCCCCCOC[C@@H](N)COS(=O)(=O)O)CC[C@@H](OC(C)=O)[C@H]1O2. The second-order valence-electron chi connectivity index (χ2n) is 17.9. The Labute approximate surface area is 381 Å². The number of carbonyl (C=O) groups is 3. The van der Waals surface area contributed by atoms with E-state index in [-0.39, 0.29) is 50.7 Å². The molecule has 0 amide bonds. The van der Waals surface area contributed by atoms with Crippen LogP contribution in [0.5, 0.6) is 0 Å². The van der Waals surface area contributed by atoms with Crippen LogP contribution in [0.25, 0.3) is 0 Å². The van der Waals surface area contributed by atoms with Gasteiger partial charge in [-0.15, -0.1) is 0 Å². The van der Waals surface area contributed by atoms with Crippen molar-refractivity contribution in [1.82, 2.24) is 0 Å². The molecule has 0 spiro atoms. The van der Waals surface area contributed by atoms with Gasteiger partial charge in [-0.05, 0) is 38.5 Å². The van der Waals surface area contributed by atoms with Gasteiger partial charge in [-0.2, -0.15) is 8.42 Å². The fraction of sp³-hybridized carbons (Fsp3) is 0.884. The molecule has 0 aromatic heterocycles. The summed E-state index contributed by atoms with van der Waals surface area (Å²) >= 11 is 0. The summed E-state index contributed by atoms with van der Waals surface area (Å²) in [5, 5.41) is 0. The first kappa shape index (κ1) is 58.1. The largest absolute Gasteiger partial charge is 0.756 e. The molecule has 2 bridgehead atoms. The van der Waals surface area contributed by atoms with Crippen molar-refractivity contribution in [3.05, 3.63) is 12.2 Å². The van der Waals surface area contributed by atoms with Gasteiger partial charge < -0.3 is 52.6 Å². The lowest BCUT2D eigenvalue weighted by molar-refractivity contribution is -0.870. The number of quaternary nitrogens is 1. The van der Waals surface area contributed by atoms with Crippen LogP contribution in [0.4, 0.5) is 0 Å². The molecule has 0 aromatic carbocycles. The zero-order valence-corrected chi connectivity index (χ0v) is 40.7. The summed E-state index contributed by atoms with van der Waals surface area (Å²) in [6, 6.07) is -0.615. The van der Waals surface area contributed by atoms with Crippen LogP contribution < -0.4 is 10.6 Å². The van der Waals surface area contributed by atoms with E-state index in [9.17, 15) is 32.3 Å². The summed E-state index contributed by atoms with van der Waals surface area (Å²) in [7, 11) is -3.50. The lowest BCUT2D eigenvalue weighted by Crippen LogP contribution is -2.43. The Hall–Kier alpha value is -2.07. The number of hydrogen-bond donors (Lipinski definition) is 2. The smallest absolute Gasteiger partial charge is 0.397 e. The molecule has 7 atom stereocenters. The maximum Gasteiger partial charge on any atom is 0.397 e. The average molecular weight is 959 g/mol. The predicted molar refractivity (Wildman–Crippen MR) is 235 cm³/mol. The molecule has 2 saturated heterocycles. The van der Waals surface area contributed by atoms with Crippen LogP contribution in [0.3, 0.4) is 0 Å². The summed E-state index contributed by atoms with van der Waals surface area (Å²) in [6.07, 6.45) is 20.7. The van der Waals surface area contributed by atoms with E-state index in [1.807, 2.05) is 21.1 Å². The highest BCUT2D eigenvalue weighted by atomic mass is 32.3. The lowest BCUT2D eigenvalue weighted by atomic mass is 9.94. The van der Waals surface area contributed by atoms with E-state index in [0.717, 1.165) is 70.6 Å². The molecule has 64 heavy (non-hydrogen) atoms. The van der Waals surface area contributed by atoms with Gasteiger partial charge in [0.1, 0.15) is 32.0 Å². The van der Waals surface area contributed by atoms with Crippen LogP contribution in [0.1, 0.15) is 142 Å². The molecule has 0 saturated carbocycles. The Bertz CT molecular complexity index is 1530. The number of phosphoric acid groups is 1. The summed E-state index contributed by atoms with van der Waals surface area (Å²) in [4.78, 5) is 47.9. The number of nitrogens with two attached hydrogens (primary N) is 1. The lowest BCUT2D eigenvalue weighted by Gasteiger charge is -2.35. The quantitative estimate of drug-likeness (QED) is 0.0145. The van der Waals surface area contributed by atoms with Crippen LogP contribution in [-0.2, 0) is 71.0 Å². The van der Waals surface area contributed by atoms with Crippen molar-refractivity contribution in [3.63, 3.8) is 0 Å². The van der Waals surface area contributed by atoms with Crippen LogP contribution in [0, 0.1) is 0 Å². The Kier molecular flexibility index (Phi) is 28.2. The maximum absolute atomic E-state index is 12.5. The Morgan fingerprint density at radius 3 is 2.08 bits per heavy atom. The van der Waals surface area contributed by atoms with Crippen LogP contribution in [-0.4, -0.2) is 139 Å². The number of fused-ring (bicyclic) bond motifs is 2. The van der Waals surface area contributed by atoms with E-state index in [1.165, 1.54) is 58.4 Å². The molecule has 3 N–H and O–H groups in total.